The fourth-order valence-corrected chi connectivity index (χ4v) is 5.62. The number of benzene rings is 2. The summed E-state index contributed by atoms with van der Waals surface area (Å²) in [6.45, 7) is 5.42. The van der Waals surface area contributed by atoms with Crippen LogP contribution >= 0.6 is 0 Å². The van der Waals surface area contributed by atoms with Crippen molar-refractivity contribution in [2.45, 2.75) is 24.8 Å². The van der Waals surface area contributed by atoms with Crippen molar-refractivity contribution in [2.75, 3.05) is 39.4 Å². The first-order valence-corrected chi connectivity index (χ1v) is 12.7. The quantitative estimate of drug-likeness (QED) is 0.545. The van der Waals surface area contributed by atoms with Crippen LogP contribution < -0.4 is 9.47 Å². The molecular formula is C24H26FN3O5S. The molecule has 0 bridgehead atoms. The molecule has 5 rings (SSSR count). The van der Waals surface area contributed by atoms with Crippen molar-refractivity contribution in [2.24, 2.45) is 0 Å². The smallest absolute Gasteiger partial charge is 0.243 e. The van der Waals surface area contributed by atoms with E-state index in [1.54, 1.807) is 30.3 Å². The van der Waals surface area contributed by atoms with Gasteiger partial charge in [0.1, 0.15) is 11.5 Å². The second kappa shape index (κ2) is 9.36. The number of sulfonamides is 1. The number of piperazine rings is 1. The number of hydrogen-bond acceptors (Lipinski definition) is 7. The normalized spacial score (nSPS) is 17.5. The van der Waals surface area contributed by atoms with Crippen LogP contribution in [-0.2, 0) is 16.6 Å². The molecule has 34 heavy (non-hydrogen) atoms. The summed E-state index contributed by atoms with van der Waals surface area (Å²) in [6, 6.07) is 10.9. The second-order valence-electron chi connectivity index (χ2n) is 8.43. The number of aromatic nitrogens is 1. The monoisotopic (exact) mass is 487 g/mol. The molecule has 2 aliphatic rings. The maximum Gasteiger partial charge on any atom is 0.243 e. The molecule has 3 heterocycles. The molecular weight excluding hydrogens is 461 g/mol. The highest BCUT2D eigenvalue weighted by Crippen LogP contribution is 2.33. The van der Waals surface area contributed by atoms with E-state index in [4.69, 9.17) is 14.0 Å². The van der Waals surface area contributed by atoms with E-state index >= 15 is 0 Å². The highest BCUT2D eigenvalue weighted by Gasteiger charge is 2.30. The van der Waals surface area contributed by atoms with Crippen molar-refractivity contribution in [3.63, 3.8) is 0 Å². The van der Waals surface area contributed by atoms with Gasteiger partial charge in [-0.05, 0) is 43.3 Å². The largest absolute Gasteiger partial charge is 0.490 e. The zero-order chi connectivity index (χ0) is 23.7. The Bertz CT molecular complexity index is 1270. The minimum Gasteiger partial charge on any atom is -0.490 e. The number of hydrogen-bond donors (Lipinski definition) is 0. The zero-order valence-corrected chi connectivity index (χ0v) is 19.7. The lowest BCUT2D eigenvalue weighted by Gasteiger charge is -2.33. The molecule has 1 aromatic heterocycles. The SMILES string of the molecule is Cc1c(CN2CCN(S(=O)(=O)c3ccc4c(c3)OCCCO4)CC2)noc1-c1ccc(F)cc1. The molecule has 0 atom stereocenters. The van der Waals surface area contributed by atoms with Gasteiger partial charge in [0.05, 0.1) is 18.1 Å². The van der Waals surface area contributed by atoms with Crippen LogP contribution in [0.25, 0.3) is 11.3 Å². The van der Waals surface area contributed by atoms with Gasteiger partial charge in [-0.1, -0.05) is 5.16 Å². The Labute approximate surface area is 197 Å². The minimum atomic E-state index is -3.64. The molecule has 8 nitrogen and oxygen atoms in total. The van der Waals surface area contributed by atoms with Gasteiger partial charge >= 0.3 is 0 Å². The molecule has 0 radical (unpaired) electrons. The standard InChI is InChI=1S/C24H26FN3O5S/c1-17-21(26-33-24(17)18-3-5-19(25)6-4-18)16-27-9-11-28(12-10-27)34(29,30)20-7-8-22-23(15-20)32-14-2-13-31-22/h3-8,15H,2,9-14,16H2,1H3. The lowest BCUT2D eigenvalue weighted by Crippen LogP contribution is -2.48. The molecule has 1 saturated heterocycles. The van der Waals surface area contributed by atoms with Gasteiger partial charge in [-0.25, -0.2) is 12.8 Å². The van der Waals surface area contributed by atoms with Gasteiger partial charge in [0.2, 0.25) is 10.0 Å². The molecule has 0 spiro atoms. The van der Waals surface area contributed by atoms with Crippen LogP contribution in [0, 0.1) is 12.7 Å². The minimum absolute atomic E-state index is 0.210. The van der Waals surface area contributed by atoms with E-state index in [0.29, 0.717) is 63.2 Å². The summed E-state index contributed by atoms with van der Waals surface area (Å²) < 4.78 is 57.9. The topological polar surface area (TPSA) is 85.1 Å². The lowest BCUT2D eigenvalue weighted by molar-refractivity contribution is 0.177. The van der Waals surface area contributed by atoms with Crippen LogP contribution in [-0.4, -0.2) is 62.2 Å². The fraction of sp³-hybridized carbons (Fsp3) is 0.375. The summed E-state index contributed by atoms with van der Waals surface area (Å²) in [6.07, 6.45) is 0.759. The molecule has 0 saturated carbocycles. The maximum absolute atomic E-state index is 13.2. The number of halogens is 1. The van der Waals surface area contributed by atoms with E-state index in [1.807, 2.05) is 6.92 Å². The van der Waals surface area contributed by atoms with E-state index in [1.165, 1.54) is 16.4 Å². The average molecular weight is 488 g/mol. The highest BCUT2D eigenvalue weighted by atomic mass is 32.2. The van der Waals surface area contributed by atoms with Gasteiger partial charge in [-0.3, -0.25) is 4.90 Å². The molecule has 10 heteroatoms. The first kappa shape index (κ1) is 22.8. The van der Waals surface area contributed by atoms with Crippen LogP contribution in [0.5, 0.6) is 11.5 Å². The Morgan fingerprint density at radius 3 is 2.41 bits per heavy atom. The molecule has 0 aliphatic carbocycles. The Kier molecular flexibility index (Phi) is 6.28. The second-order valence-corrected chi connectivity index (χ2v) is 10.4. The van der Waals surface area contributed by atoms with Crippen molar-refractivity contribution in [3.05, 3.63) is 59.5 Å². The Balaban J connectivity index is 1.24. The third-order valence-electron chi connectivity index (χ3n) is 6.19. The van der Waals surface area contributed by atoms with E-state index < -0.39 is 10.0 Å². The Morgan fingerprint density at radius 2 is 1.68 bits per heavy atom. The van der Waals surface area contributed by atoms with Crippen molar-refractivity contribution in [1.29, 1.82) is 0 Å². The predicted molar refractivity (Wildman–Crippen MR) is 123 cm³/mol. The average Bonchev–Trinajstić information content (AvgIpc) is 3.05. The van der Waals surface area contributed by atoms with Crippen molar-refractivity contribution < 1.29 is 26.8 Å². The summed E-state index contributed by atoms with van der Waals surface area (Å²) in [5, 5.41) is 4.20. The Hall–Kier alpha value is -2.95. The van der Waals surface area contributed by atoms with Gasteiger partial charge < -0.3 is 14.0 Å². The Morgan fingerprint density at radius 1 is 0.971 bits per heavy atom. The van der Waals surface area contributed by atoms with Crippen molar-refractivity contribution in [1.82, 2.24) is 14.4 Å². The third-order valence-corrected chi connectivity index (χ3v) is 8.08. The van der Waals surface area contributed by atoms with Crippen LogP contribution in [0.3, 0.4) is 0 Å². The summed E-state index contributed by atoms with van der Waals surface area (Å²) in [4.78, 5) is 2.36. The van der Waals surface area contributed by atoms with E-state index in [9.17, 15) is 12.8 Å². The van der Waals surface area contributed by atoms with E-state index in [2.05, 4.69) is 10.1 Å². The molecule has 2 aliphatic heterocycles. The van der Waals surface area contributed by atoms with Gasteiger partial charge in [0, 0.05) is 56.3 Å². The van der Waals surface area contributed by atoms with E-state index in [0.717, 1.165) is 23.2 Å². The maximum atomic E-state index is 13.2. The van der Waals surface area contributed by atoms with Gasteiger partial charge in [0.25, 0.3) is 0 Å². The fourth-order valence-electron chi connectivity index (χ4n) is 4.18. The predicted octanol–water partition coefficient (Wildman–Crippen LogP) is 3.46. The van der Waals surface area contributed by atoms with Crippen LogP contribution in [0.2, 0.25) is 0 Å². The molecule has 1 fully saturated rings. The molecule has 2 aromatic carbocycles. The van der Waals surface area contributed by atoms with Gasteiger partial charge in [-0.2, -0.15) is 4.31 Å². The van der Waals surface area contributed by atoms with E-state index in [-0.39, 0.29) is 10.7 Å². The number of ether oxygens (including phenoxy) is 2. The van der Waals surface area contributed by atoms with Crippen LogP contribution in [0.1, 0.15) is 17.7 Å². The van der Waals surface area contributed by atoms with Gasteiger partial charge in [0.15, 0.2) is 17.3 Å². The molecule has 0 N–H and O–H groups in total. The van der Waals surface area contributed by atoms with Gasteiger partial charge in [-0.15, -0.1) is 0 Å². The first-order valence-electron chi connectivity index (χ1n) is 11.2. The molecule has 0 unspecified atom stereocenters. The van der Waals surface area contributed by atoms with Crippen molar-refractivity contribution in [3.8, 4) is 22.8 Å². The van der Waals surface area contributed by atoms with Crippen molar-refractivity contribution >= 4 is 10.0 Å². The summed E-state index contributed by atoms with van der Waals surface area (Å²) in [7, 11) is -3.64. The molecule has 0 amide bonds. The lowest BCUT2D eigenvalue weighted by atomic mass is 10.1. The molecule has 180 valence electrons. The van der Waals surface area contributed by atoms with Crippen LogP contribution in [0.4, 0.5) is 4.39 Å². The summed E-state index contributed by atoms with van der Waals surface area (Å²) in [5.41, 5.74) is 2.45. The summed E-state index contributed by atoms with van der Waals surface area (Å²) in [5.74, 6) is 1.35. The zero-order valence-electron chi connectivity index (χ0n) is 18.9. The third kappa shape index (κ3) is 4.53. The highest BCUT2D eigenvalue weighted by molar-refractivity contribution is 7.89. The summed E-state index contributed by atoms with van der Waals surface area (Å²) >= 11 is 0. The number of fused-ring (bicyclic) bond motifs is 1. The van der Waals surface area contributed by atoms with Crippen LogP contribution in [0.15, 0.2) is 51.9 Å². The number of rotatable bonds is 5. The first-order chi connectivity index (χ1) is 16.4. The molecule has 3 aromatic rings. The number of nitrogens with zero attached hydrogens (tertiary/aromatic N) is 3.